The first-order valence-electron chi connectivity index (χ1n) is 8.83. The van der Waals surface area contributed by atoms with E-state index in [1.54, 1.807) is 20.1 Å². The van der Waals surface area contributed by atoms with Crippen molar-refractivity contribution in [3.8, 4) is 11.5 Å². The Balaban J connectivity index is 1.51. The van der Waals surface area contributed by atoms with E-state index in [9.17, 15) is 9.59 Å². The van der Waals surface area contributed by atoms with Gasteiger partial charge in [0.1, 0.15) is 23.4 Å². The summed E-state index contributed by atoms with van der Waals surface area (Å²) in [5, 5.41) is 0. The van der Waals surface area contributed by atoms with Gasteiger partial charge in [0.15, 0.2) is 0 Å². The van der Waals surface area contributed by atoms with Gasteiger partial charge in [0.05, 0.1) is 24.2 Å². The molecule has 2 aromatic rings. The second-order valence-corrected chi connectivity index (χ2v) is 7.41. The number of aryl methyl sites for hydroxylation is 2. The molecule has 0 spiro atoms. The molecule has 1 fully saturated rings. The van der Waals surface area contributed by atoms with Crippen LogP contribution in [0, 0.1) is 6.92 Å². The number of hydrogen-bond donors (Lipinski definition) is 0. The summed E-state index contributed by atoms with van der Waals surface area (Å²) < 4.78 is 16.9. The van der Waals surface area contributed by atoms with Crippen LogP contribution in [0.25, 0.3) is 0 Å². The molecule has 1 amide bonds. The Bertz CT molecular complexity index is 879. The fourth-order valence-corrected chi connectivity index (χ4v) is 3.75. The predicted octanol–water partition coefficient (Wildman–Crippen LogP) is 3.33. The van der Waals surface area contributed by atoms with E-state index in [-0.39, 0.29) is 12.0 Å². The van der Waals surface area contributed by atoms with Crippen LogP contribution in [-0.2, 0) is 11.2 Å². The molecule has 1 aromatic carbocycles. The van der Waals surface area contributed by atoms with Crippen molar-refractivity contribution in [1.29, 1.82) is 0 Å². The molecule has 0 N–H and O–H groups in total. The number of benzene rings is 1. The summed E-state index contributed by atoms with van der Waals surface area (Å²) in [7, 11) is 1.62. The average Bonchev–Trinajstić information content (AvgIpc) is 3.07. The maximum absolute atomic E-state index is 12.5. The lowest BCUT2D eigenvalue weighted by Crippen LogP contribution is -2.31. The molecule has 1 aromatic heterocycles. The van der Waals surface area contributed by atoms with Gasteiger partial charge < -0.3 is 18.8 Å². The van der Waals surface area contributed by atoms with Gasteiger partial charge in [-0.3, -0.25) is 4.79 Å². The zero-order valence-corrected chi connectivity index (χ0v) is 17.0. The lowest BCUT2D eigenvalue weighted by Gasteiger charge is -2.17. The summed E-state index contributed by atoms with van der Waals surface area (Å²) >= 11 is 3.46. The summed E-state index contributed by atoms with van der Waals surface area (Å²) in [5.41, 5.74) is 0.649. The third-order valence-electron chi connectivity index (χ3n) is 4.51. The lowest BCUT2D eigenvalue weighted by molar-refractivity contribution is -0.130. The van der Waals surface area contributed by atoms with Crippen molar-refractivity contribution in [2.24, 2.45) is 0 Å². The smallest absolute Gasteiger partial charge is 0.339 e. The molecule has 1 saturated heterocycles. The molecular weight excluding hydrogens is 414 g/mol. The summed E-state index contributed by atoms with van der Waals surface area (Å²) in [6.07, 6.45) is 1.76. The fourth-order valence-electron chi connectivity index (χ4n) is 3.16. The van der Waals surface area contributed by atoms with Crippen molar-refractivity contribution in [3.63, 3.8) is 0 Å². The standard InChI is InChI=1S/C20H22BrNO5/c1-13-9-16(11-20(24)26-13)27-15-7-8-22(12-15)19(23)6-4-14-3-5-18(25-2)17(21)10-14/h3,5,9-11,15H,4,6-8,12H2,1-2H3/t15-/m0/s1. The number of likely N-dealkylation sites (tertiary alicyclic amines) is 1. The summed E-state index contributed by atoms with van der Waals surface area (Å²) in [4.78, 5) is 25.7. The maximum atomic E-state index is 12.5. The molecule has 7 heteroatoms. The highest BCUT2D eigenvalue weighted by Crippen LogP contribution is 2.26. The van der Waals surface area contributed by atoms with Crippen molar-refractivity contribution in [3.05, 3.63) is 56.5 Å². The van der Waals surface area contributed by atoms with Crippen LogP contribution in [0.3, 0.4) is 0 Å². The van der Waals surface area contributed by atoms with Crippen LogP contribution >= 0.6 is 15.9 Å². The summed E-state index contributed by atoms with van der Waals surface area (Å²) in [5.74, 6) is 1.88. The number of carbonyl (C=O) groups excluding carboxylic acids is 1. The summed E-state index contributed by atoms with van der Waals surface area (Å²) in [6.45, 7) is 2.90. The van der Waals surface area contributed by atoms with Crippen LogP contribution in [0.5, 0.6) is 11.5 Å². The van der Waals surface area contributed by atoms with E-state index in [0.29, 0.717) is 37.4 Å². The largest absolute Gasteiger partial charge is 0.496 e. The molecule has 2 heterocycles. The van der Waals surface area contributed by atoms with Crippen LogP contribution < -0.4 is 15.1 Å². The van der Waals surface area contributed by atoms with Crippen LogP contribution in [0.1, 0.15) is 24.2 Å². The van der Waals surface area contributed by atoms with Gasteiger partial charge in [-0.25, -0.2) is 4.79 Å². The van der Waals surface area contributed by atoms with Gasteiger partial charge in [0.25, 0.3) is 0 Å². The molecule has 3 rings (SSSR count). The molecule has 144 valence electrons. The second kappa shape index (κ2) is 8.61. The molecule has 27 heavy (non-hydrogen) atoms. The van der Waals surface area contributed by atoms with Gasteiger partial charge in [-0.15, -0.1) is 0 Å². The highest BCUT2D eigenvalue weighted by Gasteiger charge is 2.27. The minimum Gasteiger partial charge on any atom is -0.496 e. The zero-order valence-electron chi connectivity index (χ0n) is 15.4. The number of nitrogens with zero attached hydrogens (tertiary/aromatic N) is 1. The monoisotopic (exact) mass is 435 g/mol. The number of halogens is 1. The third kappa shape index (κ3) is 5.13. The number of amides is 1. The van der Waals surface area contributed by atoms with Crippen molar-refractivity contribution >= 4 is 21.8 Å². The molecule has 0 bridgehead atoms. The van der Waals surface area contributed by atoms with E-state index in [4.69, 9.17) is 13.9 Å². The first kappa shape index (κ1) is 19.5. The van der Waals surface area contributed by atoms with Gasteiger partial charge in [0, 0.05) is 25.5 Å². The van der Waals surface area contributed by atoms with E-state index in [1.165, 1.54) is 6.07 Å². The lowest BCUT2D eigenvalue weighted by atomic mass is 10.1. The van der Waals surface area contributed by atoms with Gasteiger partial charge in [-0.2, -0.15) is 0 Å². The van der Waals surface area contributed by atoms with Crippen LogP contribution in [-0.4, -0.2) is 37.1 Å². The quantitative estimate of drug-likeness (QED) is 0.695. The Morgan fingerprint density at radius 1 is 1.33 bits per heavy atom. The van der Waals surface area contributed by atoms with E-state index in [0.717, 1.165) is 22.2 Å². The van der Waals surface area contributed by atoms with E-state index in [2.05, 4.69) is 15.9 Å². The third-order valence-corrected chi connectivity index (χ3v) is 5.13. The van der Waals surface area contributed by atoms with Crippen LogP contribution in [0.4, 0.5) is 0 Å². The Kier molecular flexibility index (Phi) is 6.21. The van der Waals surface area contributed by atoms with Crippen molar-refractivity contribution in [2.45, 2.75) is 32.3 Å². The van der Waals surface area contributed by atoms with Crippen molar-refractivity contribution in [2.75, 3.05) is 20.2 Å². The van der Waals surface area contributed by atoms with Crippen molar-refractivity contribution in [1.82, 2.24) is 4.90 Å². The highest BCUT2D eigenvalue weighted by molar-refractivity contribution is 9.10. The van der Waals surface area contributed by atoms with Crippen molar-refractivity contribution < 1.29 is 18.7 Å². The molecule has 0 unspecified atom stereocenters. The van der Waals surface area contributed by atoms with E-state index < -0.39 is 5.63 Å². The Morgan fingerprint density at radius 3 is 2.85 bits per heavy atom. The molecule has 1 atom stereocenters. The topological polar surface area (TPSA) is 69.0 Å². The molecule has 0 aliphatic carbocycles. The second-order valence-electron chi connectivity index (χ2n) is 6.56. The Hall–Kier alpha value is -2.28. The summed E-state index contributed by atoms with van der Waals surface area (Å²) in [6, 6.07) is 8.86. The zero-order chi connectivity index (χ0) is 19.4. The average molecular weight is 436 g/mol. The van der Waals surface area contributed by atoms with Gasteiger partial charge in [-0.05, 0) is 47.0 Å². The molecule has 0 radical (unpaired) electrons. The van der Waals surface area contributed by atoms with Gasteiger partial charge in [-0.1, -0.05) is 6.07 Å². The number of carbonyl (C=O) groups is 1. The maximum Gasteiger partial charge on any atom is 0.339 e. The van der Waals surface area contributed by atoms with E-state index in [1.807, 2.05) is 23.1 Å². The molecule has 1 aliphatic heterocycles. The van der Waals surface area contributed by atoms with Gasteiger partial charge >= 0.3 is 5.63 Å². The number of ether oxygens (including phenoxy) is 2. The number of hydrogen-bond acceptors (Lipinski definition) is 5. The minimum atomic E-state index is -0.429. The van der Waals surface area contributed by atoms with E-state index >= 15 is 0 Å². The fraction of sp³-hybridized carbons (Fsp3) is 0.400. The SMILES string of the molecule is COc1ccc(CCC(=O)N2CC[C@H](Oc3cc(C)oc(=O)c3)C2)cc1Br. The molecular formula is C20H22BrNO5. The highest BCUT2D eigenvalue weighted by atomic mass is 79.9. The first-order valence-corrected chi connectivity index (χ1v) is 9.62. The number of methoxy groups -OCH3 is 1. The molecule has 6 nitrogen and oxygen atoms in total. The minimum absolute atomic E-state index is 0.106. The predicted molar refractivity (Wildman–Crippen MR) is 104 cm³/mol. The number of rotatable bonds is 6. The molecule has 0 saturated carbocycles. The first-order chi connectivity index (χ1) is 12.9. The molecule has 1 aliphatic rings. The van der Waals surface area contributed by atoms with Gasteiger partial charge in [0.2, 0.25) is 5.91 Å². The Morgan fingerprint density at radius 2 is 2.15 bits per heavy atom. The Labute approximate surface area is 166 Å². The van der Waals surface area contributed by atoms with Crippen LogP contribution in [0.15, 0.2) is 44.0 Å². The normalized spacial score (nSPS) is 16.4. The van der Waals surface area contributed by atoms with Crippen LogP contribution in [0.2, 0.25) is 0 Å².